The number of rotatable bonds is 80. The van der Waals surface area contributed by atoms with Gasteiger partial charge in [-0.3, -0.25) is 9.59 Å². The van der Waals surface area contributed by atoms with Gasteiger partial charge in [0.25, 0.3) is 0 Å². The second-order valence-electron chi connectivity index (χ2n) is 29.2. The Kier molecular flexibility index (Phi) is 78.8. The number of ether oxygens (including phenoxy) is 1. The summed E-state index contributed by atoms with van der Waals surface area (Å²) in [6.07, 6.45) is 102. The molecule has 0 aromatic carbocycles. The van der Waals surface area contributed by atoms with Crippen molar-refractivity contribution in [3.8, 4) is 0 Å². The Hall–Kier alpha value is -1.40. The highest BCUT2D eigenvalue weighted by molar-refractivity contribution is 5.76. The molecule has 6 nitrogen and oxygen atoms in total. The van der Waals surface area contributed by atoms with E-state index in [-0.39, 0.29) is 18.5 Å². The molecule has 0 saturated heterocycles. The SMILES string of the molecule is CCCCCCCCCCCCCCCCCCCCCCCCC/C=C/C(O)C(CO)NC(=O)CCCCCCCCCCCCCCCCCCCCCCCCCCCCCCCCCCCCCCCOC(=O)CCCCCCCCCCCCC. The summed E-state index contributed by atoms with van der Waals surface area (Å²) >= 11 is 0. The van der Waals surface area contributed by atoms with Crippen LogP contribution < -0.4 is 5.32 Å². The third-order valence-electron chi connectivity index (χ3n) is 20.1. The van der Waals surface area contributed by atoms with Crippen LogP contribution in [0.5, 0.6) is 0 Å². The first-order valence-electron chi connectivity index (χ1n) is 42.0. The number of aliphatic hydroxyl groups excluding tert-OH is 2. The topological polar surface area (TPSA) is 95.9 Å². The van der Waals surface area contributed by atoms with Gasteiger partial charge in [-0.05, 0) is 32.1 Å². The molecule has 0 rings (SSSR count). The molecule has 536 valence electrons. The molecule has 0 aromatic heterocycles. The first-order valence-corrected chi connectivity index (χ1v) is 42.0. The number of carbonyl (C=O) groups excluding carboxylic acids is 2. The van der Waals surface area contributed by atoms with Gasteiger partial charge in [-0.1, -0.05) is 456 Å². The molecular weight excluding hydrogens is 1100 g/mol. The lowest BCUT2D eigenvalue weighted by atomic mass is 10.0. The van der Waals surface area contributed by atoms with Crippen LogP contribution in [0.2, 0.25) is 0 Å². The summed E-state index contributed by atoms with van der Waals surface area (Å²) < 4.78 is 5.49. The van der Waals surface area contributed by atoms with Crippen LogP contribution in [0.3, 0.4) is 0 Å². The lowest BCUT2D eigenvalue weighted by molar-refractivity contribution is -0.143. The van der Waals surface area contributed by atoms with Crippen molar-refractivity contribution in [2.45, 2.75) is 501 Å². The number of allylic oxidation sites excluding steroid dienone is 1. The van der Waals surface area contributed by atoms with E-state index in [1.807, 2.05) is 6.08 Å². The summed E-state index contributed by atoms with van der Waals surface area (Å²) in [6.45, 7) is 4.96. The number of aliphatic hydroxyl groups is 2. The zero-order valence-electron chi connectivity index (χ0n) is 61.7. The molecule has 6 heteroatoms. The molecule has 0 aliphatic carbocycles. The standard InChI is InChI=1S/C84H165NO5/c1-3-5-7-9-11-13-15-16-17-18-19-20-21-35-38-41-44-47-50-53-57-60-64-68-72-76-82(87)81(80-86)85-83(88)77-73-69-65-61-58-54-51-48-45-42-39-36-33-31-29-27-25-23-22-24-26-28-30-32-34-37-40-43-46-49-52-55-59-63-67-71-75-79-90-84(89)78-74-70-66-62-56-14-12-10-8-6-4-2/h72,76,81-82,86-87H,3-71,73-75,77-80H2,1-2H3,(H,85,88)/b76-72+. The van der Waals surface area contributed by atoms with Crippen LogP contribution in [-0.2, 0) is 14.3 Å². The molecule has 0 heterocycles. The van der Waals surface area contributed by atoms with Gasteiger partial charge < -0.3 is 20.3 Å². The number of hydrogen-bond acceptors (Lipinski definition) is 5. The van der Waals surface area contributed by atoms with Gasteiger partial charge in [-0.2, -0.15) is 0 Å². The van der Waals surface area contributed by atoms with E-state index >= 15 is 0 Å². The monoisotopic (exact) mass is 1270 g/mol. The minimum Gasteiger partial charge on any atom is -0.466 e. The molecule has 2 atom stereocenters. The lowest BCUT2D eigenvalue weighted by Gasteiger charge is -2.20. The molecule has 3 N–H and O–H groups in total. The first-order chi connectivity index (χ1) is 44.5. The third-order valence-corrected chi connectivity index (χ3v) is 20.1. The average Bonchev–Trinajstić information content (AvgIpc) is 3.62. The predicted octanol–water partition coefficient (Wildman–Crippen LogP) is 27.8. The van der Waals surface area contributed by atoms with Crippen molar-refractivity contribution in [2.24, 2.45) is 0 Å². The van der Waals surface area contributed by atoms with Crippen molar-refractivity contribution in [2.75, 3.05) is 13.2 Å². The third kappa shape index (κ3) is 75.6. The Morgan fingerprint density at radius 3 is 0.756 bits per heavy atom. The van der Waals surface area contributed by atoms with Gasteiger partial charge >= 0.3 is 5.97 Å². The van der Waals surface area contributed by atoms with Crippen molar-refractivity contribution >= 4 is 11.9 Å². The molecule has 90 heavy (non-hydrogen) atoms. The molecular formula is C84H165NO5. The van der Waals surface area contributed by atoms with Gasteiger partial charge in [-0.15, -0.1) is 0 Å². The molecule has 0 saturated carbocycles. The molecule has 0 spiro atoms. The van der Waals surface area contributed by atoms with Gasteiger partial charge in [0.15, 0.2) is 0 Å². The van der Waals surface area contributed by atoms with Crippen molar-refractivity contribution in [3.05, 3.63) is 12.2 Å². The van der Waals surface area contributed by atoms with E-state index in [9.17, 15) is 19.8 Å². The molecule has 1 amide bonds. The highest BCUT2D eigenvalue weighted by atomic mass is 16.5. The number of amides is 1. The quantitative estimate of drug-likeness (QED) is 0.0320. The first kappa shape index (κ1) is 88.6. The van der Waals surface area contributed by atoms with E-state index in [1.165, 1.54) is 424 Å². The van der Waals surface area contributed by atoms with Crippen molar-refractivity contribution < 1.29 is 24.5 Å². The summed E-state index contributed by atoms with van der Waals surface area (Å²) in [7, 11) is 0. The highest BCUT2D eigenvalue weighted by Crippen LogP contribution is 2.21. The normalized spacial score (nSPS) is 12.4. The Bertz CT molecular complexity index is 1370. The second kappa shape index (κ2) is 80.0. The van der Waals surface area contributed by atoms with Crippen LogP contribution in [0.4, 0.5) is 0 Å². The molecule has 0 aliphatic rings. The van der Waals surface area contributed by atoms with Gasteiger partial charge in [-0.25, -0.2) is 0 Å². The Labute approximate surface area is 565 Å². The average molecular weight is 1270 g/mol. The Balaban J connectivity index is 3.33. The molecule has 2 unspecified atom stereocenters. The minimum atomic E-state index is -0.841. The van der Waals surface area contributed by atoms with Crippen molar-refractivity contribution in [1.82, 2.24) is 5.32 Å². The number of esters is 1. The maximum absolute atomic E-state index is 12.6. The van der Waals surface area contributed by atoms with E-state index in [1.54, 1.807) is 6.08 Å². The zero-order valence-corrected chi connectivity index (χ0v) is 61.7. The highest BCUT2D eigenvalue weighted by Gasteiger charge is 2.18. The van der Waals surface area contributed by atoms with Crippen molar-refractivity contribution in [1.29, 1.82) is 0 Å². The van der Waals surface area contributed by atoms with Crippen LogP contribution in [0, 0.1) is 0 Å². The molecule has 0 aromatic rings. The van der Waals surface area contributed by atoms with Crippen LogP contribution in [-0.4, -0.2) is 47.4 Å². The van der Waals surface area contributed by atoms with E-state index in [0.29, 0.717) is 19.4 Å². The van der Waals surface area contributed by atoms with E-state index in [4.69, 9.17) is 4.74 Å². The largest absolute Gasteiger partial charge is 0.466 e. The smallest absolute Gasteiger partial charge is 0.305 e. The zero-order chi connectivity index (χ0) is 64.9. The van der Waals surface area contributed by atoms with Crippen LogP contribution >= 0.6 is 0 Å². The summed E-state index contributed by atoms with van der Waals surface area (Å²) in [4.78, 5) is 24.6. The molecule has 0 aliphatic heterocycles. The van der Waals surface area contributed by atoms with Gasteiger partial charge in [0.05, 0.1) is 25.4 Å². The summed E-state index contributed by atoms with van der Waals surface area (Å²) in [6, 6.07) is -0.624. The maximum atomic E-state index is 12.6. The van der Waals surface area contributed by atoms with Crippen LogP contribution in [0.1, 0.15) is 489 Å². The lowest BCUT2D eigenvalue weighted by Crippen LogP contribution is -2.45. The molecule has 0 fully saturated rings. The fraction of sp³-hybridized carbons (Fsp3) is 0.952. The maximum Gasteiger partial charge on any atom is 0.305 e. The van der Waals surface area contributed by atoms with E-state index in [0.717, 1.165) is 38.5 Å². The fourth-order valence-electron chi connectivity index (χ4n) is 13.7. The number of unbranched alkanes of at least 4 members (excludes halogenated alkanes) is 69. The van der Waals surface area contributed by atoms with Crippen LogP contribution in [0.15, 0.2) is 12.2 Å². The molecule has 0 bridgehead atoms. The number of nitrogens with one attached hydrogen (secondary N) is 1. The second-order valence-corrected chi connectivity index (χ2v) is 29.2. The number of carbonyl (C=O) groups is 2. The number of hydrogen-bond donors (Lipinski definition) is 3. The van der Waals surface area contributed by atoms with Crippen molar-refractivity contribution in [3.63, 3.8) is 0 Å². The van der Waals surface area contributed by atoms with E-state index in [2.05, 4.69) is 19.2 Å². The minimum absolute atomic E-state index is 0.0240. The summed E-state index contributed by atoms with van der Waals surface area (Å²) in [5.41, 5.74) is 0. The van der Waals surface area contributed by atoms with Gasteiger partial charge in [0, 0.05) is 12.8 Å². The van der Waals surface area contributed by atoms with E-state index < -0.39 is 12.1 Å². The van der Waals surface area contributed by atoms with Gasteiger partial charge in [0.2, 0.25) is 5.91 Å². The summed E-state index contributed by atoms with van der Waals surface area (Å²) in [5.74, 6) is -0.0320. The predicted molar refractivity (Wildman–Crippen MR) is 398 cm³/mol. The fourth-order valence-corrected chi connectivity index (χ4v) is 13.7. The van der Waals surface area contributed by atoms with Gasteiger partial charge in [0.1, 0.15) is 0 Å². The summed E-state index contributed by atoms with van der Waals surface area (Å²) in [5, 5.41) is 23.3. The molecule has 0 radical (unpaired) electrons. The Morgan fingerprint density at radius 1 is 0.300 bits per heavy atom. The Morgan fingerprint density at radius 2 is 0.511 bits per heavy atom. The van der Waals surface area contributed by atoms with Crippen LogP contribution in [0.25, 0.3) is 0 Å².